The monoisotopic (exact) mass is 439 g/mol. The molecule has 1 aliphatic rings. The molecule has 1 aliphatic heterocycles. The lowest BCUT2D eigenvalue weighted by Gasteiger charge is -2.11. The van der Waals surface area contributed by atoms with Crippen molar-refractivity contribution in [1.29, 1.82) is 0 Å². The van der Waals surface area contributed by atoms with E-state index in [2.05, 4.69) is 4.99 Å². The second kappa shape index (κ2) is 8.35. The maximum Gasteiger partial charge on any atom is 0.268 e. The fourth-order valence-corrected chi connectivity index (χ4v) is 4.81. The summed E-state index contributed by atoms with van der Waals surface area (Å²) >= 11 is 1.30. The van der Waals surface area contributed by atoms with Crippen LogP contribution in [0, 0.1) is 0 Å². The van der Waals surface area contributed by atoms with E-state index < -0.39 is 24.3 Å². The Morgan fingerprint density at radius 2 is 1.61 bits per heavy atom. The standard InChI is InChI=1S/C22H21N3O5S/c1-4-11-24-18-15(29-2)9-10-16(30-3)19(18)31-22(24)23-17(26)12-25-20(27)13-7-5-6-8-14(13)21(25)28/h5-10H,4,11-12H2,1-3H3. The molecule has 0 radical (unpaired) electrons. The number of thiazole rings is 1. The smallest absolute Gasteiger partial charge is 0.268 e. The number of amides is 3. The maximum atomic E-state index is 12.8. The van der Waals surface area contributed by atoms with Crippen molar-refractivity contribution in [3.05, 3.63) is 52.3 Å². The van der Waals surface area contributed by atoms with E-state index in [9.17, 15) is 14.4 Å². The summed E-state index contributed by atoms with van der Waals surface area (Å²) in [5.74, 6) is -0.242. The highest BCUT2D eigenvalue weighted by atomic mass is 32.1. The van der Waals surface area contributed by atoms with Crippen molar-refractivity contribution < 1.29 is 23.9 Å². The SMILES string of the molecule is CCCn1c(=NC(=O)CN2C(=O)c3ccccc3C2=O)sc2c(OC)ccc(OC)c21. The molecule has 1 aromatic heterocycles. The first-order valence-corrected chi connectivity index (χ1v) is 10.6. The van der Waals surface area contributed by atoms with Gasteiger partial charge >= 0.3 is 0 Å². The highest BCUT2D eigenvalue weighted by Crippen LogP contribution is 2.35. The van der Waals surface area contributed by atoms with Gasteiger partial charge in [0.15, 0.2) is 4.80 Å². The molecule has 3 amide bonds. The van der Waals surface area contributed by atoms with Crippen molar-refractivity contribution in [3.63, 3.8) is 0 Å². The molecular weight excluding hydrogens is 418 g/mol. The predicted molar refractivity (Wildman–Crippen MR) is 116 cm³/mol. The van der Waals surface area contributed by atoms with Crippen LogP contribution in [0.2, 0.25) is 0 Å². The molecule has 0 spiro atoms. The zero-order valence-corrected chi connectivity index (χ0v) is 18.2. The van der Waals surface area contributed by atoms with Crippen LogP contribution in [-0.4, -0.2) is 48.0 Å². The van der Waals surface area contributed by atoms with Crippen molar-refractivity contribution in [3.8, 4) is 11.5 Å². The first kappa shape index (κ1) is 20.8. The Balaban J connectivity index is 1.74. The third-order valence-corrected chi connectivity index (χ3v) is 6.12. The summed E-state index contributed by atoms with van der Waals surface area (Å²) in [7, 11) is 3.16. The quantitative estimate of drug-likeness (QED) is 0.551. The van der Waals surface area contributed by atoms with E-state index in [1.807, 2.05) is 17.6 Å². The lowest BCUT2D eigenvalue weighted by molar-refractivity contribution is -0.118. The molecule has 31 heavy (non-hydrogen) atoms. The topological polar surface area (TPSA) is 90.2 Å². The summed E-state index contributed by atoms with van der Waals surface area (Å²) in [5.41, 5.74) is 1.40. The molecule has 2 aromatic carbocycles. The van der Waals surface area contributed by atoms with Gasteiger partial charge in [-0.25, -0.2) is 0 Å². The Kier molecular flexibility index (Phi) is 5.60. The molecule has 0 saturated heterocycles. The van der Waals surface area contributed by atoms with Gasteiger partial charge in [0.25, 0.3) is 17.7 Å². The number of aromatic nitrogens is 1. The number of methoxy groups -OCH3 is 2. The highest BCUT2D eigenvalue weighted by Gasteiger charge is 2.36. The number of rotatable bonds is 6. The molecule has 0 bridgehead atoms. The number of ether oxygens (including phenoxy) is 2. The number of carbonyl (C=O) groups is 3. The van der Waals surface area contributed by atoms with E-state index in [0.29, 0.717) is 34.0 Å². The Labute approximate surface area is 182 Å². The van der Waals surface area contributed by atoms with E-state index >= 15 is 0 Å². The Bertz CT molecular complexity index is 1240. The molecule has 8 nitrogen and oxygen atoms in total. The Hall–Kier alpha value is -3.46. The summed E-state index contributed by atoms with van der Waals surface area (Å²) in [6.45, 7) is 2.22. The van der Waals surface area contributed by atoms with E-state index in [1.165, 1.54) is 11.3 Å². The highest BCUT2D eigenvalue weighted by molar-refractivity contribution is 7.16. The van der Waals surface area contributed by atoms with Gasteiger partial charge < -0.3 is 14.0 Å². The summed E-state index contributed by atoms with van der Waals surface area (Å²) < 4.78 is 13.7. The minimum absolute atomic E-state index is 0.303. The summed E-state index contributed by atoms with van der Waals surface area (Å²) in [6, 6.07) is 10.1. The van der Waals surface area contributed by atoms with Crippen LogP contribution in [0.25, 0.3) is 10.2 Å². The average Bonchev–Trinajstić information content (AvgIpc) is 3.24. The Morgan fingerprint density at radius 1 is 1.00 bits per heavy atom. The largest absolute Gasteiger partial charge is 0.495 e. The predicted octanol–water partition coefficient (Wildman–Crippen LogP) is 2.85. The van der Waals surface area contributed by atoms with Crippen molar-refractivity contribution in [2.45, 2.75) is 19.9 Å². The van der Waals surface area contributed by atoms with Crippen LogP contribution >= 0.6 is 11.3 Å². The average molecular weight is 439 g/mol. The van der Waals surface area contributed by atoms with Gasteiger partial charge in [-0.15, -0.1) is 0 Å². The van der Waals surface area contributed by atoms with Crippen molar-refractivity contribution in [1.82, 2.24) is 9.47 Å². The second-order valence-electron chi connectivity index (χ2n) is 6.93. The van der Waals surface area contributed by atoms with Crippen molar-refractivity contribution >= 4 is 39.3 Å². The van der Waals surface area contributed by atoms with Crippen molar-refractivity contribution in [2.75, 3.05) is 20.8 Å². The van der Waals surface area contributed by atoms with E-state index in [-0.39, 0.29) is 0 Å². The first-order chi connectivity index (χ1) is 15.0. The molecule has 0 atom stereocenters. The number of aryl methyl sites for hydroxylation is 1. The molecule has 9 heteroatoms. The van der Waals surface area contributed by atoms with Crippen LogP contribution in [0.1, 0.15) is 34.1 Å². The van der Waals surface area contributed by atoms with Crippen LogP contribution in [0.15, 0.2) is 41.4 Å². The maximum absolute atomic E-state index is 12.8. The van der Waals surface area contributed by atoms with Crippen LogP contribution in [0.5, 0.6) is 11.5 Å². The van der Waals surface area contributed by atoms with Crippen molar-refractivity contribution in [2.24, 2.45) is 4.99 Å². The van der Waals surface area contributed by atoms with E-state index in [4.69, 9.17) is 9.47 Å². The molecule has 160 valence electrons. The molecule has 0 fully saturated rings. The Morgan fingerprint density at radius 3 is 2.19 bits per heavy atom. The van der Waals surface area contributed by atoms with Gasteiger partial charge in [0.1, 0.15) is 28.3 Å². The zero-order chi connectivity index (χ0) is 22.1. The molecule has 3 aromatic rings. The third-order valence-electron chi connectivity index (χ3n) is 5.03. The fraction of sp³-hybridized carbons (Fsp3) is 0.273. The van der Waals surface area contributed by atoms with Gasteiger partial charge in [-0.2, -0.15) is 4.99 Å². The number of nitrogens with zero attached hydrogens (tertiary/aromatic N) is 3. The minimum atomic E-state index is -0.580. The van der Waals surface area contributed by atoms with Crippen LogP contribution in [0.3, 0.4) is 0 Å². The molecule has 0 unspecified atom stereocenters. The first-order valence-electron chi connectivity index (χ1n) is 9.77. The van der Waals surface area contributed by atoms with E-state index in [1.54, 1.807) is 44.6 Å². The molecule has 4 rings (SSSR count). The number of hydrogen-bond acceptors (Lipinski definition) is 6. The molecular formula is C22H21N3O5S. The third kappa shape index (κ3) is 3.50. The normalized spacial score (nSPS) is 13.8. The number of carbonyl (C=O) groups excluding carboxylic acids is 3. The summed E-state index contributed by atoms with van der Waals surface area (Å²) in [4.78, 5) is 43.5. The lowest BCUT2D eigenvalue weighted by atomic mass is 10.1. The molecule has 0 aliphatic carbocycles. The molecule has 2 heterocycles. The van der Waals surface area contributed by atoms with Crippen LogP contribution in [-0.2, 0) is 11.3 Å². The van der Waals surface area contributed by atoms with Crippen LogP contribution < -0.4 is 14.3 Å². The minimum Gasteiger partial charge on any atom is -0.495 e. The number of hydrogen-bond donors (Lipinski definition) is 0. The zero-order valence-electron chi connectivity index (χ0n) is 17.4. The fourth-order valence-electron chi connectivity index (χ4n) is 3.63. The van der Waals surface area contributed by atoms with Crippen LogP contribution in [0.4, 0.5) is 0 Å². The van der Waals surface area contributed by atoms with Gasteiger partial charge in [-0.1, -0.05) is 30.4 Å². The second-order valence-corrected chi connectivity index (χ2v) is 7.91. The summed E-state index contributed by atoms with van der Waals surface area (Å²) in [6.07, 6.45) is 0.811. The molecule has 0 saturated carbocycles. The van der Waals surface area contributed by atoms with Gasteiger partial charge in [-0.3, -0.25) is 19.3 Å². The number of fused-ring (bicyclic) bond motifs is 2. The van der Waals surface area contributed by atoms with Gasteiger partial charge in [0.05, 0.1) is 25.3 Å². The lowest BCUT2D eigenvalue weighted by Crippen LogP contribution is -2.35. The summed E-state index contributed by atoms with van der Waals surface area (Å²) in [5, 5.41) is 0. The van der Waals surface area contributed by atoms with Gasteiger partial charge in [0, 0.05) is 6.54 Å². The molecule has 0 N–H and O–H groups in total. The van der Waals surface area contributed by atoms with E-state index in [0.717, 1.165) is 21.5 Å². The van der Waals surface area contributed by atoms with Gasteiger partial charge in [-0.05, 0) is 30.7 Å². The number of benzene rings is 2. The van der Waals surface area contributed by atoms with Gasteiger partial charge in [0.2, 0.25) is 0 Å². The number of imide groups is 1.